The summed E-state index contributed by atoms with van der Waals surface area (Å²) in [4.78, 5) is 14.0. The summed E-state index contributed by atoms with van der Waals surface area (Å²) in [7, 11) is 0. The Morgan fingerprint density at radius 3 is 2.20 bits per heavy atom. The molecule has 5 heteroatoms. The Kier molecular flexibility index (Phi) is 5.36. The highest BCUT2D eigenvalue weighted by molar-refractivity contribution is 5.31. The molecule has 5 nitrogen and oxygen atoms in total. The van der Waals surface area contributed by atoms with E-state index >= 15 is 0 Å². The molecule has 0 unspecified atom stereocenters. The molecule has 0 spiro atoms. The Bertz CT molecular complexity index is 511. The van der Waals surface area contributed by atoms with E-state index in [1.165, 1.54) is 6.07 Å². The van der Waals surface area contributed by atoms with Crippen LogP contribution in [-0.2, 0) is 18.7 Å². The van der Waals surface area contributed by atoms with Crippen LogP contribution in [0.1, 0.15) is 46.0 Å². The third-order valence-corrected chi connectivity index (χ3v) is 3.46. The van der Waals surface area contributed by atoms with Crippen LogP contribution in [0.5, 0.6) is 5.75 Å². The van der Waals surface area contributed by atoms with Gasteiger partial charge in [-0.25, -0.2) is 0 Å². The van der Waals surface area contributed by atoms with E-state index in [2.05, 4.69) is 4.90 Å². The summed E-state index contributed by atoms with van der Waals surface area (Å²) in [6.07, 6.45) is 0. The molecule has 1 aromatic heterocycles. The third kappa shape index (κ3) is 3.41. The Morgan fingerprint density at radius 1 is 1.25 bits per heavy atom. The molecule has 1 rings (SSSR count). The van der Waals surface area contributed by atoms with Crippen molar-refractivity contribution in [3.05, 3.63) is 27.7 Å². The minimum absolute atomic E-state index is 0.218. The maximum absolute atomic E-state index is 11.9. The Morgan fingerprint density at radius 2 is 1.80 bits per heavy atom. The van der Waals surface area contributed by atoms with Crippen LogP contribution >= 0.6 is 0 Å². The van der Waals surface area contributed by atoms with Gasteiger partial charge in [-0.2, -0.15) is 0 Å². The first-order valence-electron chi connectivity index (χ1n) is 7.06. The highest BCUT2D eigenvalue weighted by Gasteiger charge is 2.24. The van der Waals surface area contributed by atoms with Gasteiger partial charge in [0.25, 0.3) is 0 Å². The molecule has 0 aliphatic rings. The first kappa shape index (κ1) is 16.7. The molecule has 20 heavy (non-hydrogen) atoms. The topological polar surface area (TPSA) is 65.7 Å². The third-order valence-electron chi connectivity index (χ3n) is 3.46. The van der Waals surface area contributed by atoms with Crippen molar-refractivity contribution in [2.24, 2.45) is 0 Å². The molecule has 0 radical (unpaired) electrons. The van der Waals surface area contributed by atoms with E-state index in [1.54, 1.807) is 0 Å². The lowest BCUT2D eigenvalue weighted by molar-refractivity contribution is 0.232. The number of hydrogen-bond donors (Lipinski definition) is 2. The van der Waals surface area contributed by atoms with Gasteiger partial charge in [0.1, 0.15) is 0 Å². The zero-order valence-electron chi connectivity index (χ0n) is 13.1. The molecular weight excluding hydrogens is 256 g/mol. The van der Waals surface area contributed by atoms with Crippen LogP contribution in [0.4, 0.5) is 0 Å². The van der Waals surface area contributed by atoms with Crippen molar-refractivity contribution in [2.45, 2.75) is 53.3 Å². The zero-order chi connectivity index (χ0) is 15.5. The lowest BCUT2D eigenvalue weighted by atomic mass is 10.0. The number of aliphatic hydroxyl groups excluding tert-OH is 1. The molecular formula is C15H26N2O3. The molecule has 0 saturated carbocycles. The molecule has 0 saturated heterocycles. The average molecular weight is 282 g/mol. The number of aliphatic hydroxyl groups is 1. The van der Waals surface area contributed by atoms with Crippen molar-refractivity contribution in [2.75, 3.05) is 13.1 Å². The van der Waals surface area contributed by atoms with Crippen molar-refractivity contribution >= 4 is 0 Å². The second-order valence-electron chi connectivity index (χ2n) is 5.92. The second kappa shape index (κ2) is 6.41. The average Bonchev–Trinajstić information content (AvgIpc) is 2.38. The van der Waals surface area contributed by atoms with Gasteiger partial charge < -0.3 is 14.8 Å². The van der Waals surface area contributed by atoms with Gasteiger partial charge in [0.05, 0.1) is 12.3 Å². The molecule has 2 N–H and O–H groups in total. The smallest absolute Gasteiger partial charge is 0.223 e. The molecule has 114 valence electrons. The number of hydrogen-bond acceptors (Lipinski definition) is 4. The number of aromatic hydroxyl groups is 1. The van der Waals surface area contributed by atoms with Crippen molar-refractivity contribution in [3.8, 4) is 5.75 Å². The van der Waals surface area contributed by atoms with Crippen LogP contribution in [-0.4, -0.2) is 32.8 Å². The van der Waals surface area contributed by atoms with E-state index in [4.69, 9.17) is 0 Å². The summed E-state index contributed by atoms with van der Waals surface area (Å²) in [6, 6.07) is 1.31. The molecule has 1 heterocycles. The predicted molar refractivity (Wildman–Crippen MR) is 79.9 cm³/mol. The molecule has 0 atom stereocenters. The van der Waals surface area contributed by atoms with Gasteiger partial charge in [0.2, 0.25) is 5.43 Å². The van der Waals surface area contributed by atoms with Gasteiger partial charge >= 0.3 is 0 Å². The summed E-state index contributed by atoms with van der Waals surface area (Å²) in [5, 5.41) is 19.7. The van der Waals surface area contributed by atoms with Gasteiger partial charge in [-0.1, -0.05) is 13.8 Å². The molecule has 0 amide bonds. The first-order chi connectivity index (χ1) is 9.26. The minimum Gasteiger partial charge on any atom is -0.503 e. The van der Waals surface area contributed by atoms with Crippen LogP contribution in [0.15, 0.2) is 10.9 Å². The van der Waals surface area contributed by atoms with Gasteiger partial charge in [0, 0.05) is 23.8 Å². The quantitative estimate of drug-likeness (QED) is 0.861. The lowest BCUT2D eigenvalue weighted by Gasteiger charge is -2.32. The minimum atomic E-state index is -0.434. The number of pyridine rings is 1. The molecule has 0 aliphatic carbocycles. The summed E-state index contributed by atoms with van der Waals surface area (Å²) < 4.78 is 1.86. The highest BCUT2D eigenvalue weighted by atomic mass is 16.3. The Hall–Kier alpha value is -1.33. The number of nitrogens with zero attached hydrogens (tertiary/aromatic N) is 2. The largest absolute Gasteiger partial charge is 0.503 e. The van der Waals surface area contributed by atoms with Crippen molar-refractivity contribution in [3.63, 3.8) is 0 Å². The summed E-state index contributed by atoms with van der Waals surface area (Å²) in [5.41, 5.74) is 0.336. The van der Waals surface area contributed by atoms with E-state index in [-0.39, 0.29) is 17.9 Å². The Balaban J connectivity index is 3.53. The fourth-order valence-corrected chi connectivity index (χ4v) is 2.46. The normalized spacial score (nSPS) is 12.2. The zero-order valence-corrected chi connectivity index (χ0v) is 13.1. The van der Waals surface area contributed by atoms with Gasteiger partial charge in [-0.15, -0.1) is 0 Å². The first-order valence-corrected chi connectivity index (χ1v) is 7.06. The van der Waals surface area contributed by atoms with Crippen LogP contribution in [0.2, 0.25) is 0 Å². The number of rotatable bonds is 5. The van der Waals surface area contributed by atoms with E-state index < -0.39 is 5.43 Å². The van der Waals surface area contributed by atoms with Gasteiger partial charge in [-0.3, -0.25) is 9.69 Å². The van der Waals surface area contributed by atoms with E-state index in [0.29, 0.717) is 17.9 Å². The maximum atomic E-state index is 11.9. The predicted octanol–water partition coefficient (Wildman–Crippen LogP) is 1.64. The standard InChI is InChI=1S/C15H26N2O3/c1-6-16(7-2)9-12-14(20)13(19)8-11(10-18)17(12)15(3,4)5/h8,18,20H,6-7,9-10H2,1-5H3. The molecule has 0 bridgehead atoms. The van der Waals surface area contributed by atoms with Crippen LogP contribution in [0.3, 0.4) is 0 Å². The highest BCUT2D eigenvalue weighted by Crippen LogP contribution is 2.25. The van der Waals surface area contributed by atoms with E-state index in [0.717, 1.165) is 13.1 Å². The summed E-state index contributed by atoms with van der Waals surface area (Å²) in [5.74, 6) is -0.218. The Labute approximate surface area is 120 Å². The van der Waals surface area contributed by atoms with Crippen molar-refractivity contribution in [1.29, 1.82) is 0 Å². The van der Waals surface area contributed by atoms with Crippen LogP contribution < -0.4 is 5.43 Å². The summed E-state index contributed by atoms with van der Waals surface area (Å²) >= 11 is 0. The van der Waals surface area contributed by atoms with E-state index in [9.17, 15) is 15.0 Å². The molecule has 0 aliphatic heterocycles. The fourth-order valence-electron chi connectivity index (χ4n) is 2.46. The summed E-state index contributed by atoms with van der Waals surface area (Å²) in [6.45, 7) is 12.0. The second-order valence-corrected chi connectivity index (χ2v) is 5.92. The van der Waals surface area contributed by atoms with Crippen LogP contribution in [0, 0.1) is 0 Å². The number of aromatic nitrogens is 1. The maximum Gasteiger partial charge on any atom is 0.223 e. The van der Waals surface area contributed by atoms with E-state index in [1.807, 2.05) is 39.2 Å². The molecule has 0 fully saturated rings. The van der Waals surface area contributed by atoms with Crippen LogP contribution in [0.25, 0.3) is 0 Å². The van der Waals surface area contributed by atoms with Crippen molar-refractivity contribution < 1.29 is 10.2 Å². The fraction of sp³-hybridized carbons (Fsp3) is 0.667. The van der Waals surface area contributed by atoms with Crippen molar-refractivity contribution in [1.82, 2.24) is 9.47 Å². The molecule has 0 aromatic carbocycles. The monoisotopic (exact) mass is 282 g/mol. The molecule has 1 aromatic rings. The SMILES string of the molecule is CCN(CC)Cc1c(O)c(=O)cc(CO)n1C(C)(C)C. The lowest BCUT2D eigenvalue weighted by Crippen LogP contribution is -2.34. The van der Waals surface area contributed by atoms with Gasteiger partial charge in [0.15, 0.2) is 5.75 Å². The van der Waals surface area contributed by atoms with Gasteiger partial charge in [-0.05, 0) is 33.9 Å².